The van der Waals surface area contributed by atoms with Crippen LogP contribution in [0.25, 0.3) is 0 Å². The quantitative estimate of drug-likeness (QED) is 0.834. The van der Waals surface area contributed by atoms with E-state index in [1.54, 1.807) is 12.1 Å². The van der Waals surface area contributed by atoms with E-state index in [1.807, 2.05) is 46.8 Å². The first-order valence-electron chi connectivity index (χ1n) is 6.29. The zero-order chi connectivity index (χ0) is 13.9. The van der Waals surface area contributed by atoms with Crippen LogP contribution < -0.4 is 10.5 Å². The number of hydrogen-bond donors (Lipinski definition) is 1. The van der Waals surface area contributed by atoms with Crippen molar-refractivity contribution in [3.05, 3.63) is 29.8 Å². The molecule has 2 N–H and O–H groups in total. The molecule has 0 fully saturated rings. The molecule has 0 saturated carbocycles. The van der Waals surface area contributed by atoms with Crippen molar-refractivity contribution < 1.29 is 9.53 Å². The van der Waals surface area contributed by atoms with Crippen LogP contribution in [0, 0.1) is 5.92 Å². The molecule has 100 valence electrons. The Hall–Kier alpha value is -1.35. The topological polar surface area (TPSA) is 52.3 Å². The minimum Gasteiger partial charge on any atom is -0.488 e. The van der Waals surface area contributed by atoms with Gasteiger partial charge < -0.3 is 10.5 Å². The maximum absolute atomic E-state index is 12.0. The summed E-state index contributed by atoms with van der Waals surface area (Å²) in [6.07, 6.45) is 0. The molecule has 0 heterocycles. The summed E-state index contributed by atoms with van der Waals surface area (Å²) >= 11 is 0. The van der Waals surface area contributed by atoms with Gasteiger partial charge in [0.1, 0.15) is 11.4 Å². The predicted octanol–water partition coefficient (Wildman–Crippen LogP) is 3.03. The lowest BCUT2D eigenvalue weighted by Gasteiger charge is -2.21. The molecule has 1 rings (SSSR count). The molecule has 0 aliphatic rings. The van der Waals surface area contributed by atoms with Gasteiger partial charge in [-0.2, -0.15) is 0 Å². The molecule has 0 aromatic heterocycles. The van der Waals surface area contributed by atoms with Gasteiger partial charge in [-0.1, -0.05) is 13.8 Å². The fourth-order valence-electron chi connectivity index (χ4n) is 1.54. The van der Waals surface area contributed by atoms with Crippen LogP contribution in [0.15, 0.2) is 24.3 Å². The fraction of sp³-hybridized carbons (Fsp3) is 0.533. The number of carbonyl (C=O) groups excluding carboxylic acids is 1. The van der Waals surface area contributed by atoms with E-state index < -0.39 is 6.04 Å². The van der Waals surface area contributed by atoms with Crippen molar-refractivity contribution in [3.8, 4) is 5.75 Å². The molecule has 0 saturated heterocycles. The van der Waals surface area contributed by atoms with Gasteiger partial charge in [-0.3, -0.25) is 4.79 Å². The van der Waals surface area contributed by atoms with Gasteiger partial charge in [0.15, 0.2) is 5.78 Å². The maximum Gasteiger partial charge on any atom is 0.179 e. The van der Waals surface area contributed by atoms with Crippen molar-refractivity contribution in [1.82, 2.24) is 0 Å². The van der Waals surface area contributed by atoms with E-state index in [4.69, 9.17) is 10.5 Å². The van der Waals surface area contributed by atoms with E-state index in [9.17, 15) is 4.79 Å². The Morgan fingerprint density at radius 1 is 1.17 bits per heavy atom. The fourth-order valence-corrected chi connectivity index (χ4v) is 1.54. The van der Waals surface area contributed by atoms with Crippen molar-refractivity contribution in [3.63, 3.8) is 0 Å². The molecule has 1 aromatic carbocycles. The number of ketones is 1. The van der Waals surface area contributed by atoms with E-state index in [2.05, 4.69) is 0 Å². The van der Waals surface area contributed by atoms with Crippen LogP contribution in [0.5, 0.6) is 5.75 Å². The highest BCUT2D eigenvalue weighted by Crippen LogP contribution is 2.19. The minimum atomic E-state index is -0.445. The van der Waals surface area contributed by atoms with Gasteiger partial charge >= 0.3 is 0 Å². The van der Waals surface area contributed by atoms with Gasteiger partial charge in [-0.05, 0) is 51.0 Å². The molecule has 1 aromatic rings. The predicted molar refractivity (Wildman–Crippen MR) is 74.0 cm³/mol. The summed E-state index contributed by atoms with van der Waals surface area (Å²) in [6.45, 7) is 9.85. The van der Waals surface area contributed by atoms with Gasteiger partial charge in [0, 0.05) is 5.56 Å². The number of rotatable bonds is 4. The highest BCUT2D eigenvalue weighted by Gasteiger charge is 2.19. The van der Waals surface area contributed by atoms with E-state index in [0.29, 0.717) is 5.56 Å². The number of carbonyl (C=O) groups is 1. The lowest BCUT2D eigenvalue weighted by Crippen LogP contribution is -2.35. The molecule has 1 atom stereocenters. The van der Waals surface area contributed by atoms with E-state index in [0.717, 1.165) is 5.75 Å². The molecule has 3 nitrogen and oxygen atoms in total. The molecular weight excluding hydrogens is 226 g/mol. The summed E-state index contributed by atoms with van der Waals surface area (Å²) in [7, 11) is 0. The van der Waals surface area contributed by atoms with Crippen LogP contribution in [-0.2, 0) is 0 Å². The second-order valence-electron chi connectivity index (χ2n) is 5.87. The first-order chi connectivity index (χ1) is 8.20. The molecule has 0 spiro atoms. The third-order valence-corrected chi connectivity index (χ3v) is 2.58. The normalized spacial score (nSPS) is 13.5. The second kappa shape index (κ2) is 5.53. The average molecular weight is 249 g/mol. The number of Topliss-reactive ketones (excluding diaryl/α,β-unsaturated/α-hetero) is 1. The maximum atomic E-state index is 12.0. The zero-order valence-electron chi connectivity index (χ0n) is 11.9. The van der Waals surface area contributed by atoms with Crippen LogP contribution in [0.3, 0.4) is 0 Å². The number of hydrogen-bond acceptors (Lipinski definition) is 3. The molecule has 0 amide bonds. The van der Waals surface area contributed by atoms with Crippen LogP contribution >= 0.6 is 0 Å². The monoisotopic (exact) mass is 249 g/mol. The van der Waals surface area contributed by atoms with Crippen LogP contribution in [0.2, 0.25) is 0 Å². The lowest BCUT2D eigenvalue weighted by atomic mass is 9.96. The second-order valence-corrected chi connectivity index (χ2v) is 5.87. The Morgan fingerprint density at radius 3 is 2.06 bits per heavy atom. The smallest absolute Gasteiger partial charge is 0.179 e. The lowest BCUT2D eigenvalue weighted by molar-refractivity contribution is 0.0940. The van der Waals surface area contributed by atoms with Crippen molar-refractivity contribution in [1.29, 1.82) is 0 Å². The SMILES string of the molecule is CC(C)C(N)C(=O)c1ccc(OC(C)(C)C)cc1. The Kier molecular flexibility index (Phi) is 4.52. The Labute approximate surface area is 109 Å². The van der Waals surface area contributed by atoms with Crippen molar-refractivity contribution in [2.45, 2.75) is 46.3 Å². The van der Waals surface area contributed by atoms with Crippen LogP contribution in [-0.4, -0.2) is 17.4 Å². The van der Waals surface area contributed by atoms with Gasteiger partial charge in [-0.25, -0.2) is 0 Å². The summed E-state index contributed by atoms with van der Waals surface area (Å²) in [5, 5.41) is 0. The van der Waals surface area contributed by atoms with Gasteiger partial charge in [0.2, 0.25) is 0 Å². The van der Waals surface area contributed by atoms with E-state index in [1.165, 1.54) is 0 Å². The largest absolute Gasteiger partial charge is 0.488 e. The summed E-state index contributed by atoms with van der Waals surface area (Å²) in [5.74, 6) is 0.882. The van der Waals surface area contributed by atoms with Gasteiger partial charge in [0.25, 0.3) is 0 Å². The van der Waals surface area contributed by atoms with E-state index >= 15 is 0 Å². The van der Waals surface area contributed by atoms with Crippen LogP contribution in [0.1, 0.15) is 45.0 Å². The molecule has 0 bridgehead atoms. The summed E-state index contributed by atoms with van der Waals surface area (Å²) < 4.78 is 5.70. The zero-order valence-corrected chi connectivity index (χ0v) is 11.9. The highest BCUT2D eigenvalue weighted by molar-refractivity contribution is 6.00. The molecule has 0 aliphatic heterocycles. The summed E-state index contributed by atoms with van der Waals surface area (Å²) in [4.78, 5) is 12.0. The third kappa shape index (κ3) is 4.15. The van der Waals surface area contributed by atoms with Crippen molar-refractivity contribution in [2.24, 2.45) is 11.7 Å². The van der Waals surface area contributed by atoms with Gasteiger partial charge in [0.05, 0.1) is 6.04 Å². The third-order valence-electron chi connectivity index (χ3n) is 2.58. The Bertz CT molecular complexity index is 401. The Balaban J connectivity index is 2.80. The minimum absolute atomic E-state index is 0.0210. The molecule has 1 unspecified atom stereocenters. The summed E-state index contributed by atoms with van der Waals surface area (Å²) in [5.41, 5.74) is 6.25. The molecule has 3 heteroatoms. The van der Waals surface area contributed by atoms with Crippen molar-refractivity contribution >= 4 is 5.78 Å². The summed E-state index contributed by atoms with van der Waals surface area (Å²) in [6, 6.07) is 6.72. The average Bonchev–Trinajstić information content (AvgIpc) is 2.26. The molecule has 18 heavy (non-hydrogen) atoms. The first-order valence-corrected chi connectivity index (χ1v) is 6.29. The molecule has 0 radical (unpaired) electrons. The van der Waals surface area contributed by atoms with Crippen molar-refractivity contribution in [2.75, 3.05) is 0 Å². The molecular formula is C15H23NO2. The standard InChI is InChI=1S/C15H23NO2/c1-10(2)13(16)14(17)11-6-8-12(9-7-11)18-15(3,4)5/h6-10,13H,16H2,1-5H3. The number of nitrogens with two attached hydrogens (primary N) is 1. The number of ether oxygens (including phenoxy) is 1. The Morgan fingerprint density at radius 2 is 1.67 bits per heavy atom. The number of benzene rings is 1. The first kappa shape index (κ1) is 14.7. The highest BCUT2D eigenvalue weighted by atomic mass is 16.5. The van der Waals surface area contributed by atoms with E-state index in [-0.39, 0.29) is 17.3 Å². The van der Waals surface area contributed by atoms with Gasteiger partial charge in [-0.15, -0.1) is 0 Å². The molecule has 0 aliphatic carbocycles. The van der Waals surface area contributed by atoms with Crippen LogP contribution in [0.4, 0.5) is 0 Å².